The van der Waals surface area contributed by atoms with E-state index in [9.17, 15) is 25.2 Å². The molecule has 0 atom stereocenters. The van der Waals surface area contributed by atoms with Gasteiger partial charge in [-0.2, -0.15) is 5.10 Å². The monoisotopic (exact) mass is 336 g/mol. The lowest BCUT2D eigenvalue weighted by Crippen LogP contribution is -2.17. The average Bonchev–Trinajstić information content (AvgIpc) is 2.48. The molecule has 0 saturated heterocycles. The predicted octanol–water partition coefficient (Wildman–Crippen LogP) is 2.23. The summed E-state index contributed by atoms with van der Waals surface area (Å²) in [5, 5.41) is 41.9. The van der Waals surface area contributed by atoms with Gasteiger partial charge in [0.2, 0.25) is 0 Å². The van der Waals surface area contributed by atoms with E-state index in [1.54, 1.807) is 13.0 Å². The molecule has 8 heteroatoms. The standard InChI is InChI=1S/C15H13ClN2O5/c1-7-2-10(16)3-9(13(7)21)6-17-18-15(23)8-4-11(19)14(22)12(20)5-8/h2-6,19-22H,1H3,(H,18,23). The van der Waals surface area contributed by atoms with Gasteiger partial charge in [-0.3, -0.25) is 4.79 Å². The summed E-state index contributed by atoms with van der Waals surface area (Å²) in [7, 11) is 0. The molecule has 5 N–H and O–H groups in total. The Morgan fingerprint density at radius 2 is 1.70 bits per heavy atom. The number of aryl methyl sites for hydroxylation is 1. The van der Waals surface area contributed by atoms with E-state index >= 15 is 0 Å². The Morgan fingerprint density at radius 3 is 2.30 bits per heavy atom. The highest BCUT2D eigenvalue weighted by molar-refractivity contribution is 6.31. The summed E-state index contributed by atoms with van der Waals surface area (Å²) in [6, 6.07) is 4.99. The van der Waals surface area contributed by atoms with Crippen LogP contribution in [0, 0.1) is 6.92 Å². The number of phenolic OH excluding ortho intramolecular Hbond substituents is 4. The van der Waals surface area contributed by atoms with Gasteiger partial charge in [-0.05, 0) is 36.8 Å². The SMILES string of the molecule is Cc1cc(Cl)cc(C=NNC(=O)c2cc(O)c(O)c(O)c2)c1O. The van der Waals surface area contributed by atoms with Gasteiger partial charge in [-0.1, -0.05) is 11.6 Å². The number of nitrogens with one attached hydrogen (secondary N) is 1. The van der Waals surface area contributed by atoms with Crippen molar-refractivity contribution in [1.29, 1.82) is 0 Å². The second kappa shape index (κ2) is 6.45. The van der Waals surface area contributed by atoms with E-state index in [4.69, 9.17) is 11.6 Å². The number of carbonyl (C=O) groups is 1. The maximum atomic E-state index is 11.9. The minimum absolute atomic E-state index is 0.0210. The highest BCUT2D eigenvalue weighted by Gasteiger charge is 2.13. The zero-order valence-electron chi connectivity index (χ0n) is 11.9. The van der Waals surface area contributed by atoms with Crippen LogP contribution in [0.2, 0.25) is 5.02 Å². The number of hydrogen-bond acceptors (Lipinski definition) is 6. The molecule has 0 radical (unpaired) electrons. The summed E-state index contributed by atoms with van der Waals surface area (Å²) in [6.07, 6.45) is 1.20. The van der Waals surface area contributed by atoms with Crippen molar-refractivity contribution in [2.45, 2.75) is 6.92 Å². The molecule has 0 aliphatic rings. The second-order valence-corrected chi connectivity index (χ2v) is 5.16. The fraction of sp³-hybridized carbons (Fsp3) is 0.0667. The van der Waals surface area contributed by atoms with Crippen molar-refractivity contribution in [2.75, 3.05) is 0 Å². The number of hydrazone groups is 1. The smallest absolute Gasteiger partial charge is 0.271 e. The Morgan fingerprint density at radius 1 is 1.09 bits per heavy atom. The predicted molar refractivity (Wildman–Crippen MR) is 84.4 cm³/mol. The van der Waals surface area contributed by atoms with Crippen LogP contribution in [0.3, 0.4) is 0 Å². The molecule has 0 fully saturated rings. The first-order valence-electron chi connectivity index (χ1n) is 6.37. The van der Waals surface area contributed by atoms with Gasteiger partial charge in [0.05, 0.1) is 6.21 Å². The van der Waals surface area contributed by atoms with Crippen LogP contribution < -0.4 is 5.43 Å². The Labute approximate surface area is 136 Å². The van der Waals surface area contributed by atoms with Gasteiger partial charge in [0, 0.05) is 16.1 Å². The largest absolute Gasteiger partial charge is 0.507 e. The van der Waals surface area contributed by atoms with Gasteiger partial charge in [0.15, 0.2) is 17.2 Å². The van der Waals surface area contributed by atoms with Crippen LogP contribution in [-0.4, -0.2) is 32.5 Å². The van der Waals surface area contributed by atoms with Crippen molar-refractivity contribution in [3.05, 3.63) is 46.0 Å². The summed E-state index contributed by atoms with van der Waals surface area (Å²) < 4.78 is 0. The molecule has 120 valence electrons. The fourth-order valence-corrected chi connectivity index (χ4v) is 2.10. The van der Waals surface area contributed by atoms with Gasteiger partial charge in [-0.15, -0.1) is 0 Å². The third kappa shape index (κ3) is 3.64. The number of aromatic hydroxyl groups is 4. The Bertz CT molecular complexity index is 782. The maximum absolute atomic E-state index is 11.9. The first-order chi connectivity index (χ1) is 10.8. The van der Waals surface area contributed by atoms with E-state index in [1.807, 2.05) is 0 Å². The fourth-order valence-electron chi connectivity index (χ4n) is 1.82. The number of nitrogens with zero attached hydrogens (tertiary/aromatic N) is 1. The molecule has 23 heavy (non-hydrogen) atoms. The summed E-state index contributed by atoms with van der Waals surface area (Å²) in [4.78, 5) is 11.9. The first-order valence-corrected chi connectivity index (χ1v) is 6.75. The molecule has 0 spiro atoms. The number of benzene rings is 2. The first kappa shape index (κ1) is 16.4. The van der Waals surface area contributed by atoms with Crippen LogP contribution in [0.25, 0.3) is 0 Å². The molecule has 2 rings (SSSR count). The van der Waals surface area contributed by atoms with Crippen LogP contribution in [0.5, 0.6) is 23.0 Å². The van der Waals surface area contributed by atoms with Gasteiger partial charge < -0.3 is 20.4 Å². The van der Waals surface area contributed by atoms with Gasteiger partial charge in [0.1, 0.15) is 5.75 Å². The van der Waals surface area contributed by atoms with Gasteiger partial charge in [-0.25, -0.2) is 5.43 Å². The number of amides is 1. The molecule has 0 bridgehead atoms. The molecule has 0 unspecified atom stereocenters. The highest BCUT2D eigenvalue weighted by Crippen LogP contribution is 2.35. The summed E-state index contributed by atoms with van der Waals surface area (Å²) in [5.74, 6) is -2.74. The van der Waals surface area contributed by atoms with Crippen molar-refractivity contribution in [3.8, 4) is 23.0 Å². The zero-order chi connectivity index (χ0) is 17.1. The van der Waals surface area contributed by atoms with E-state index in [0.29, 0.717) is 16.1 Å². The number of rotatable bonds is 3. The Kier molecular flexibility index (Phi) is 4.61. The molecule has 0 aliphatic heterocycles. The molecular weight excluding hydrogens is 324 g/mol. The molecule has 2 aromatic carbocycles. The molecular formula is C15H13ClN2O5. The lowest BCUT2D eigenvalue weighted by Gasteiger charge is -2.05. The van der Waals surface area contributed by atoms with E-state index < -0.39 is 23.2 Å². The maximum Gasteiger partial charge on any atom is 0.271 e. The molecule has 0 aliphatic carbocycles. The van der Waals surface area contributed by atoms with Crippen LogP contribution in [0.4, 0.5) is 0 Å². The number of halogens is 1. The molecule has 2 aromatic rings. The lowest BCUT2D eigenvalue weighted by molar-refractivity contribution is 0.0954. The van der Waals surface area contributed by atoms with E-state index in [-0.39, 0.29) is 11.3 Å². The molecule has 1 amide bonds. The van der Waals surface area contributed by atoms with E-state index in [2.05, 4.69) is 10.5 Å². The Balaban J connectivity index is 2.16. The normalized spacial score (nSPS) is 10.9. The lowest BCUT2D eigenvalue weighted by atomic mass is 10.1. The zero-order valence-corrected chi connectivity index (χ0v) is 12.7. The minimum Gasteiger partial charge on any atom is -0.507 e. The number of carbonyl (C=O) groups excluding carboxylic acids is 1. The highest BCUT2D eigenvalue weighted by atomic mass is 35.5. The van der Waals surface area contributed by atoms with Crippen LogP contribution in [-0.2, 0) is 0 Å². The summed E-state index contributed by atoms with van der Waals surface area (Å²) in [6.45, 7) is 1.67. The van der Waals surface area contributed by atoms with Gasteiger partial charge in [0.25, 0.3) is 5.91 Å². The third-order valence-corrected chi connectivity index (χ3v) is 3.21. The van der Waals surface area contributed by atoms with Gasteiger partial charge >= 0.3 is 0 Å². The summed E-state index contributed by atoms with van der Waals surface area (Å²) in [5.41, 5.74) is 2.92. The summed E-state index contributed by atoms with van der Waals surface area (Å²) >= 11 is 5.87. The topological polar surface area (TPSA) is 122 Å². The minimum atomic E-state index is -0.731. The second-order valence-electron chi connectivity index (χ2n) is 4.72. The van der Waals surface area contributed by atoms with E-state index in [0.717, 1.165) is 12.1 Å². The van der Waals surface area contributed by atoms with Crippen LogP contribution >= 0.6 is 11.6 Å². The molecule has 0 aromatic heterocycles. The average molecular weight is 337 g/mol. The van der Waals surface area contributed by atoms with Crippen molar-refractivity contribution in [2.24, 2.45) is 5.10 Å². The van der Waals surface area contributed by atoms with E-state index in [1.165, 1.54) is 12.3 Å². The third-order valence-electron chi connectivity index (χ3n) is 3.00. The van der Waals surface area contributed by atoms with Crippen molar-refractivity contribution in [3.63, 3.8) is 0 Å². The Hall–Kier alpha value is -2.93. The van der Waals surface area contributed by atoms with Crippen molar-refractivity contribution < 1.29 is 25.2 Å². The van der Waals surface area contributed by atoms with Crippen LogP contribution in [0.1, 0.15) is 21.5 Å². The quantitative estimate of drug-likeness (QED) is 0.334. The molecule has 7 nitrogen and oxygen atoms in total. The number of hydrogen-bond donors (Lipinski definition) is 5. The molecule has 0 heterocycles. The number of phenols is 4. The molecule has 0 saturated carbocycles. The van der Waals surface area contributed by atoms with Crippen molar-refractivity contribution in [1.82, 2.24) is 5.43 Å². The van der Waals surface area contributed by atoms with Crippen molar-refractivity contribution >= 4 is 23.7 Å². The van der Waals surface area contributed by atoms with Crippen LogP contribution in [0.15, 0.2) is 29.4 Å².